The fourth-order valence-electron chi connectivity index (χ4n) is 3.58. The molecule has 0 amide bonds. The van der Waals surface area contributed by atoms with E-state index in [2.05, 4.69) is 21.9 Å². The minimum Gasteiger partial charge on any atom is -0.373 e. The highest BCUT2D eigenvalue weighted by molar-refractivity contribution is 7.96. The van der Waals surface area contributed by atoms with E-state index in [-0.39, 0.29) is 10.8 Å². The van der Waals surface area contributed by atoms with Crippen LogP contribution in [0.15, 0.2) is 29.8 Å². The molecule has 7 nitrogen and oxygen atoms in total. The van der Waals surface area contributed by atoms with Gasteiger partial charge in [0.2, 0.25) is 5.95 Å². The van der Waals surface area contributed by atoms with Crippen molar-refractivity contribution in [3.8, 4) is 11.3 Å². The highest BCUT2D eigenvalue weighted by Gasteiger charge is 2.63. The summed E-state index contributed by atoms with van der Waals surface area (Å²) in [5, 5.41) is 2.83. The fraction of sp³-hybridized carbons (Fsp3) is 0.500. The van der Waals surface area contributed by atoms with Crippen molar-refractivity contribution in [1.29, 1.82) is 0 Å². The molecular formula is C20H27FN4O3S. The molecule has 1 aliphatic rings. The SMILES string of the molecule is C=C(C1(OC)CC1c1ncc(-c2cc(F)nc(NC)c2)n1C)S(=O)(=O)C(C)(C)C. The molecule has 0 aromatic carbocycles. The van der Waals surface area contributed by atoms with E-state index in [9.17, 15) is 12.8 Å². The Hall–Kier alpha value is -2.26. The summed E-state index contributed by atoms with van der Waals surface area (Å²) < 4.78 is 46.2. The minimum absolute atomic E-state index is 0.0713. The first kappa shape index (κ1) is 21.4. The molecule has 1 saturated carbocycles. The third-order valence-electron chi connectivity index (χ3n) is 5.56. The lowest BCUT2D eigenvalue weighted by atomic mass is 10.2. The molecule has 0 radical (unpaired) electrons. The Morgan fingerprint density at radius 3 is 2.62 bits per heavy atom. The van der Waals surface area contributed by atoms with E-state index in [0.29, 0.717) is 29.3 Å². The number of anilines is 1. The average molecular weight is 423 g/mol. The predicted molar refractivity (Wildman–Crippen MR) is 111 cm³/mol. The molecule has 1 fully saturated rings. The van der Waals surface area contributed by atoms with Gasteiger partial charge in [0.05, 0.1) is 27.5 Å². The van der Waals surface area contributed by atoms with E-state index in [0.717, 1.165) is 0 Å². The molecule has 0 bridgehead atoms. The van der Waals surface area contributed by atoms with Crippen molar-refractivity contribution in [2.75, 3.05) is 19.5 Å². The van der Waals surface area contributed by atoms with Crippen LogP contribution in [0.1, 0.15) is 38.9 Å². The van der Waals surface area contributed by atoms with Gasteiger partial charge >= 0.3 is 0 Å². The Kier molecular flexibility index (Phi) is 5.11. The number of rotatable bonds is 6. The summed E-state index contributed by atoms with van der Waals surface area (Å²) in [7, 11) is 1.35. The van der Waals surface area contributed by atoms with Gasteiger partial charge in [0, 0.05) is 32.8 Å². The van der Waals surface area contributed by atoms with Crippen molar-refractivity contribution in [2.24, 2.45) is 7.05 Å². The maximum absolute atomic E-state index is 13.9. The van der Waals surface area contributed by atoms with Crippen LogP contribution in [-0.2, 0) is 21.6 Å². The van der Waals surface area contributed by atoms with Crippen LogP contribution in [0, 0.1) is 5.95 Å². The highest BCUT2D eigenvalue weighted by Crippen LogP contribution is 2.59. The molecule has 0 aliphatic heterocycles. The molecule has 2 unspecified atom stereocenters. The highest BCUT2D eigenvalue weighted by atomic mass is 32.2. The molecule has 0 spiro atoms. The molecular weight excluding hydrogens is 395 g/mol. The number of hydrogen-bond donors (Lipinski definition) is 1. The van der Waals surface area contributed by atoms with Gasteiger partial charge in [0.25, 0.3) is 0 Å². The van der Waals surface area contributed by atoms with Gasteiger partial charge in [-0.1, -0.05) is 6.58 Å². The molecule has 158 valence electrons. The van der Waals surface area contributed by atoms with Crippen LogP contribution in [-0.4, -0.2) is 47.5 Å². The van der Waals surface area contributed by atoms with E-state index in [1.165, 1.54) is 13.2 Å². The lowest BCUT2D eigenvalue weighted by Gasteiger charge is -2.26. The summed E-state index contributed by atoms with van der Waals surface area (Å²) in [6.07, 6.45) is 2.11. The molecule has 1 aliphatic carbocycles. The maximum Gasteiger partial charge on any atom is 0.215 e. The molecule has 3 rings (SSSR count). The number of ether oxygens (including phenoxy) is 1. The Morgan fingerprint density at radius 1 is 1.41 bits per heavy atom. The van der Waals surface area contributed by atoms with Crippen LogP contribution in [0.25, 0.3) is 11.3 Å². The number of hydrogen-bond acceptors (Lipinski definition) is 6. The van der Waals surface area contributed by atoms with E-state index < -0.39 is 26.1 Å². The van der Waals surface area contributed by atoms with E-state index in [4.69, 9.17) is 4.74 Å². The van der Waals surface area contributed by atoms with Crippen molar-refractivity contribution in [1.82, 2.24) is 14.5 Å². The van der Waals surface area contributed by atoms with Crippen LogP contribution in [0.3, 0.4) is 0 Å². The lowest BCUT2D eigenvalue weighted by molar-refractivity contribution is 0.110. The zero-order chi connectivity index (χ0) is 21.8. The van der Waals surface area contributed by atoms with E-state index in [1.54, 1.807) is 40.1 Å². The summed E-state index contributed by atoms with van der Waals surface area (Å²) in [6.45, 7) is 8.82. The first-order valence-corrected chi connectivity index (χ1v) is 10.7. The summed E-state index contributed by atoms with van der Waals surface area (Å²) in [5.74, 6) is 0.212. The molecule has 1 N–H and O–H groups in total. The third-order valence-corrected chi connectivity index (χ3v) is 8.17. The number of nitrogens with zero attached hydrogens (tertiary/aromatic N) is 3. The minimum atomic E-state index is -3.62. The molecule has 0 saturated heterocycles. The van der Waals surface area contributed by atoms with Crippen LogP contribution in [0.4, 0.5) is 10.2 Å². The number of nitrogens with one attached hydrogen (secondary N) is 1. The van der Waals surface area contributed by atoms with Crippen LogP contribution in [0.5, 0.6) is 0 Å². The first-order valence-electron chi connectivity index (χ1n) is 9.25. The Labute approximate surface area is 170 Å². The molecule has 2 heterocycles. The van der Waals surface area contributed by atoms with Crippen molar-refractivity contribution >= 4 is 15.7 Å². The second kappa shape index (κ2) is 6.91. The maximum atomic E-state index is 13.9. The summed E-state index contributed by atoms with van der Waals surface area (Å²) in [4.78, 5) is 8.33. The number of methoxy groups -OCH3 is 1. The van der Waals surface area contributed by atoms with Gasteiger partial charge in [-0.05, 0) is 33.3 Å². The Morgan fingerprint density at radius 2 is 2.07 bits per heavy atom. The van der Waals surface area contributed by atoms with Crippen molar-refractivity contribution in [2.45, 2.75) is 43.5 Å². The van der Waals surface area contributed by atoms with Gasteiger partial charge in [0.15, 0.2) is 9.84 Å². The van der Waals surface area contributed by atoms with Gasteiger partial charge in [-0.15, -0.1) is 0 Å². The van der Waals surface area contributed by atoms with Gasteiger partial charge in [0.1, 0.15) is 17.2 Å². The number of sulfone groups is 1. The van der Waals surface area contributed by atoms with Crippen LogP contribution >= 0.6 is 0 Å². The van der Waals surface area contributed by atoms with Crippen LogP contribution in [0.2, 0.25) is 0 Å². The van der Waals surface area contributed by atoms with Gasteiger partial charge < -0.3 is 14.6 Å². The van der Waals surface area contributed by atoms with Gasteiger partial charge in [-0.3, -0.25) is 0 Å². The van der Waals surface area contributed by atoms with Gasteiger partial charge in [-0.25, -0.2) is 18.4 Å². The van der Waals surface area contributed by atoms with Crippen molar-refractivity contribution < 1.29 is 17.5 Å². The largest absolute Gasteiger partial charge is 0.373 e. The third kappa shape index (κ3) is 3.36. The molecule has 2 aromatic heterocycles. The molecule has 2 aromatic rings. The summed E-state index contributed by atoms with van der Waals surface area (Å²) in [5.41, 5.74) is 0.300. The smallest absolute Gasteiger partial charge is 0.215 e. The van der Waals surface area contributed by atoms with Crippen molar-refractivity contribution in [3.05, 3.63) is 41.6 Å². The fourth-order valence-corrected chi connectivity index (χ4v) is 5.08. The standard InChI is InChI=1S/C20H27FN4O3S/c1-12(29(26,27)19(2,3)4)20(28-7)10-14(20)18-23-11-15(25(18)6)13-8-16(21)24-17(9-13)22-5/h8-9,11,14H,1,10H2,2-7H3,(H,22,24). The zero-order valence-corrected chi connectivity index (χ0v) is 18.4. The molecule has 2 atom stereocenters. The quantitative estimate of drug-likeness (QED) is 0.719. The monoisotopic (exact) mass is 422 g/mol. The molecule has 9 heteroatoms. The summed E-state index contributed by atoms with van der Waals surface area (Å²) >= 11 is 0. The Bertz CT molecular complexity index is 1070. The average Bonchev–Trinajstić information content (AvgIpc) is 3.26. The molecule has 29 heavy (non-hydrogen) atoms. The number of pyridine rings is 1. The van der Waals surface area contributed by atoms with E-state index >= 15 is 0 Å². The Balaban J connectivity index is 1.98. The van der Waals surface area contributed by atoms with Crippen molar-refractivity contribution in [3.63, 3.8) is 0 Å². The first-order chi connectivity index (χ1) is 13.4. The lowest BCUT2D eigenvalue weighted by Crippen LogP contribution is -2.35. The number of halogens is 1. The zero-order valence-electron chi connectivity index (χ0n) is 17.6. The number of imidazole rings is 1. The van der Waals surface area contributed by atoms with Crippen LogP contribution < -0.4 is 5.32 Å². The normalized spacial score (nSPS) is 21.8. The summed E-state index contributed by atoms with van der Waals surface area (Å²) in [6, 6.07) is 3.06. The second-order valence-electron chi connectivity index (χ2n) is 8.26. The number of aromatic nitrogens is 3. The predicted octanol–water partition coefficient (Wildman–Crippen LogP) is 3.26. The van der Waals surface area contributed by atoms with Gasteiger partial charge in [-0.2, -0.15) is 4.39 Å². The van der Waals surface area contributed by atoms with E-state index in [1.807, 2.05) is 11.6 Å². The second-order valence-corrected chi connectivity index (χ2v) is 11.0. The topological polar surface area (TPSA) is 86.1 Å².